The van der Waals surface area contributed by atoms with Gasteiger partial charge in [0.2, 0.25) is 0 Å². The van der Waals surface area contributed by atoms with Gasteiger partial charge in [0, 0.05) is 38.3 Å². The van der Waals surface area contributed by atoms with E-state index in [1.807, 2.05) is 0 Å². The summed E-state index contributed by atoms with van der Waals surface area (Å²) in [6.07, 6.45) is 0. The van der Waals surface area contributed by atoms with Crippen molar-refractivity contribution in [3.8, 4) is 0 Å². The second-order valence-electron chi connectivity index (χ2n) is 6.68. The van der Waals surface area contributed by atoms with E-state index in [1.54, 1.807) is 24.0 Å². The van der Waals surface area contributed by atoms with Gasteiger partial charge in [0.25, 0.3) is 5.91 Å². The summed E-state index contributed by atoms with van der Waals surface area (Å²) < 4.78 is 18.8. The van der Waals surface area contributed by atoms with Crippen LogP contribution in [0.25, 0.3) is 0 Å². The van der Waals surface area contributed by atoms with Crippen molar-refractivity contribution >= 4 is 5.91 Å². The average Bonchev–Trinajstić information content (AvgIpc) is 2.53. The smallest absolute Gasteiger partial charge is 0.254 e. The minimum atomic E-state index is -0.343. The summed E-state index contributed by atoms with van der Waals surface area (Å²) in [7, 11) is 0. The molecule has 5 nitrogen and oxygen atoms in total. The number of nitrogens with zero attached hydrogens (tertiary/aromatic N) is 2. The van der Waals surface area contributed by atoms with Crippen LogP contribution in [0.3, 0.4) is 0 Å². The lowest BCUT2D eigenvalue weighted by molar-refractivity contribution is -0.150. The van der Waals surface area contributed by atoms with E-state index in [9.17, 15) is 14.3 Å². The maximum absolute atomic E-state index is 13.6. The molecule has 2 fully saturated rings. The van der Waals surface area contributed by atoms with Gasteiger partial charge in [0.05, 0.1) is 25.2 Å². The van der Waals surface area contributed by atoms with Crippen LogP contribution in [0.15, 0.2) is 18.2 Å². The summed E-state index contributed by atoms with van der Waals surface area (Å²) >= 11 is 0. The van der Waals surface area contributed by atoms with Crippen molar-refractivity contribution in [3.63, 3.8) is 0 Å². The average molecular weight is 322 g/mol. The number of aliphatic hydroxyl groups is 1. The Balaban J connectivity index is 1.56. The van der Waals surface area contributed by atoms with E-state index in [0.29, 0.717) is 37.4 Å². The summed E-state index contributed by atoms with van der Waals surface area (Å²) in [5.74, 6) is -0.461. The summed E-state index contributed by atoms with van der Waals surface area (Å²) in [5, 5.41) is 9.50. The van der Waals surface area contributed by atoms with Crippen molar-refractivity contribution in [1.29, 1.82) is 0 Å². The predicted molar refractivity (Wildman–Crippen MR) is 83.8 cm³/mol. The Labute approximate surface area is 135 Å². The second-order valence-corrected chi connectivity index (χ2v) is 6.68. The predicted octanol–water partition coefficient (Wildman–Crippen LogP) is 0.901. The quantitative estimate of drug-likeness (QED) is 0.895. The number of rotatable bonds is 4. The van der Waals surface area contributed by atoms with E-state index in [1.165, 1.54) is 6.07 Å². The Morgan fingerprint density at radius 2 is 2.00 bits per heavy atom. The molecule has 2 saturated heterocycles. The van der Waals surface area contributed by atoms with E-state index in [-0.39, 0.29) is 23.7 Å². The molecule has 1 amide bonds. The molecule has 0 radical (unpaired) electrons. The molecule has 1 aromatic carbocycles. The van der Waals surface area contributed by atoms with E-state index < -0.39 is 0 Å². The first-order valence-corrected chi connectivity index (χ1v) is 7.99. The molecule has 1 N–H and O–H groups in total. The van der Waals surface area contributed by atoms with Crippen molar-refractivity contribution in [3.05, 3.63) is 35.1 Å². The molecule has 23 heavy (non-hydrogen) atoms. The van der Waals surface area contributed by atoms with Crippen molar-refractivity contribution in [2.24, 2.45) is 5.41 Å². The summed E-state index contributed by atoms with van der Waals surface area (Å²) in [6.45, 7) is 6.59. The van der Waals surface area contributed by atoms with Crippen LogP contribution in [0.1, 0.15) is 15.9 Å². The SMILES string of the molecule is Cc1ccc(C(=O)N2CCN(CC3(CO)COC3)CC2)cc1F. The zero-order valence-electron chi connectivity index (χ0n) is 13.4. The first kappa shape index (κ1) is 16.4. The zero-order chi connectivity index (χ0) is 16.4. The number of benzene rings is 1. The largest absolute Gasteiger partial charge is 0.396 e. The van der Waals surface area contributed by atoms with Crippen molar-refractivity contribution in [2.45, 2.75) is 6.92 Å². The van der Waals surface area contributed by atoms with Crippen molar-refractivity contribution < 1.29 is 19.0 Å². The topological polar surface area (TPSA) is 53.0 Å². The number of halogens is 1. The van der Waals surface area contributed by atoms with E-state index in [2.05, 4.69) is 4.90 Å². The van der Waals surface area contributed by atoms with E-state index >= 15 is 0 Å². The maximum Gasteiger partial charge on any atom is 0.254 e. The minimum Gasteiger partial charge on any atom is -0.396 e. The Kier molecular flexibility index (Phi) is 4.66. The standard InChI is InChI=1S/C17H23FN2O3/c1-13-2-3-14(8-15(13)18)16(22)20-6-4-19(5-7-20)9-17(10-21)11-23-12-17/h2-3,8,21H,4-7,9-12H2,1H3. The van der Waals surface area contributed by atoms with Gasteiger partial charge in [0.15, 0.2) is 0 Å². The molecule has 2 aliphatic rings. The Bertz CT molecular complexity index is 576. The molecule has 126 valence electrons. The normalized spacial score (nSPS) is 21.1. The van der Waals surface area contributed by atoms with Crippen LogP contribution in [-0.4, -0.2) is 73.4 Å². The Hall–Kier alpha value is -1.50. The zero-order valence-corrected chi connectivity index (χ0v) is 13.4. The maximum atomic E-state index is 13.6. The van der Waals surface area contributed by atoms with Gasteiger partial charge >= 0.3 is 0 Å². The van der Waals surface area contributed by atoms with Gasteiger partial charge in [-0.1, -0.05) is 6.07 Å². The number of piperazine rings is 1. The third kappa shape index (κ3) is 3.39. The molecule has 3 rings (SSSR count). The lowest BCUT2D eigenvalue weighted by atomic mass is 9.86. The number of amides is 1. The molecule has 1 aromatic rings. The van der Waals surface area contributed by atoms with Gasteiger partial charge in [-0.3, -0.25) is 9.69 Å². The Morgan fingerprint density at radius 1 is 1.30 bits per heavy atom. The summed E-state index contributed by atoms with van der Waals surface area (Å²) in [6, 6.07) is 4.64. The molecule has 2 aliphatic heterocycles. The molecule has 0 aromatic heterocycles. The number of hydrogen-bond acceptors (Lipinski definition) is 4. The lowest BCUT2D eigenvalue weighted by Crippen LogP contribution is -2.57. The Morgan fingerprint density at radius 3 is 2.52 bits per heavy atom. The number of hydrogen-bond donors (Lipinski definition) is 1. The van der Waals surface area contributed by atoms with Gasteiger partial charge in [-0.05, 0) is 24.6 Å². The van der Waals surface area contributed by atoms with Gasteiger partial charge < -0.3 is 14.7 Å². The molecule has 6 heteroatoms. The molecule has 0 aliphatic carbocycles. The highest BCUT2D eigenvalue weighted by Gasteiger charge is 2.40. The van der Waals surface area contributed by atoms with Crippen LogP contribution in [0, 0.1) is 18.2 Å². The first-order valence-electron chi connectivity index (χ1n) is 7.99. The first-order chi connectivity index (χ1) is 11.0. The molecular weight excluding hydrogens is 299 g/mol. The molecule has 0 atom stereocenters. The van der Waals surface area contributed by atoms with Crippen LogP contribution in [0.5, 0.6) is 0 Å². The molecule has 0 unspecified atom stereocenters. The fraction of sp³-hybridized carbons (Fsp3) is 0.588. The number of carbonyl (C=O) groups excluding carboxylic acids is 1. The van der Waals surface area contributed by atoms with Gasteiger partial charge in [-0.25, -0.2) is 4.39 Å². The van der Waals surface area contributed by atoms with E-state index in [0.717, 1.165) is 19.6 Å². The molecule has 2 heterocycles. The molecule has 0 saturated carbocycles. The van der Waals surface area contributed by atoms with Crippen molar-refractivity contribution in [1.82, 2.24) is 9.80 Å². The molecule has 0 bridgehead atoms. The van der Waals surface area contributed by atoms with Crippen molar-refractivity contribution in [2.75, 3.05) is 52.5 Å². The van der Waals surface area contributed by atoms with Crippen LogP contribution in [-0.2, 0) is 4.74 Å². The number of carbonyl (C=O) groups is 1. The fourth-order valence-corrected chi connectivity index (χ4v) is 3.12. The lowest BCUT2D eigenvalue weighted by Gasteiger charge is -2.45. The fourth-order valence-electron chi connectivity index (χ4n) is 3.12. The summed E-state index contributed by atoms with van der Waals surface area (Å²) in [5.41, 5.74) is 0.816. The highest BCUT2D eigenvalue weighted by molar-refractivity contribution is 5.94. The summed E-state index contributed by atoms with van der Waals surface area (Å²) in [4.78, 5) is 16.5. The van der Waals surface area contributed by atoms with Gasteiger partial charge in [-0.15, -0.1) is 0 Å². The number of aryl methyl sites for hydroxylation is 1. The third-order valence-electron chi connectivity index (χ3n) is 4.79. The van der Waals surface area contributed by atoms with Gasteiger partial charge in [-0.2, -0.15) is 0 Å². The number of ether oxygens (including phenoxy) is 1. The van der Waals surface area contributed by atoms with Crippen LogP contribution in [0.2, 0.25) is 0 Å². The molecule has 0 spiro atoms. The highest BCUT2D eigenvalue weighted by atomic mass is 19.1. The van der Waals surface area contributed by atoms with Crippen LogP contribution >= 0.6 is 0 Å². The molecular formula is C17H23FN2O3. The van der Waals surface area contributed by atoms with E-state index in [4.69, 9.17) is 4.74 Å². The van der Waals surface area contributed by atoms with Crippen LogP contribution in [0.4, 0.5) is 4.39 Å². The minimum absolute atomic E-state index is 0.118. The van der Waals surface area contributed by atoms with Gasteiger partial charge in [0.1, 0.15) is 5.82 Å². The highest BCUT2D eigenvalue weighted by Crippen LogP contribution is 2.28. The van der Waals surface area contributed by atoms with Crippen LogP contribution < -0.4 is 0 Å². The number of aliphatic hydroxyl groups excluding tert-OH is 1. The monoisotopic (exact) mass is 322 g/mol. The second kappa shape index (κ2) is 6.55. The third-order valence-corrected chi connectivity index (χ3v) is 4.79.